The Balaban J connectivity index is 1.51. The van der Waals surface area contributed by atoms with Crippen LogP contribution in [0, 0.1) is 0 Å². The quantitative estimate of drug-likeness (QED) is 0.820. The van der Waals surface area contributed by atoms with Crippen molar-refractivity contribution in [2.45, 2.75) is 45.4 Å². The predicted octanol–water partition coefficient (Wildman–Crippen LogP) is 2.62. The van der Waals surface area contributed by atoms with E-state index in [1.54, 1.807) is 6.20 Å². The van der Waals surface area contributed by atoms with Gasteiger partial charge in [0, 0.05) is 38.1 Å². The summed E-state index contributed by atoms with van der Waals surface area (Å²) in [6.45, 7) is 5.67. The zero-order valence-electron chi connectivity index (χ0n) is 13.7. The zero-order chi connectivity index (χ0) is 15.9. The summed E-state index contributed by atoms with van der Waals surface area (Å²) in [5, 5.41) is 0. The molecule has 1 aliphatic rings. The van der Waals surface area contributed by atoms with Crippen molar-refractivity contribution in [3.63, 3.8) is 0 Å². The minimum Gasteiger partial charge on any atom is -0.372 e. The van der Waals surface area contributed by atoms with Crippen LogP contribution in [0.3, 0.4) is 0 Å². The summed E-state index contributed by atoms with van der Waals surface area (Å²) in [6, 6.07) is 6.02. The van der Waals surface area contributed by atoms with E-state index < -0.39 is 0 Å². The molecule has 0 amide bonds. The molecular weight excluding hydrogens is 288 g/mol. The summed E-state index contributed by atoms with van der Waals surface area (Å²) < 4.78 is 6.07. The Bertz CT molecular complexity index is 605. The fourth-order valence-electron chi connectivity index (χ4n) is 2.92. The van der Waals surface area contributed by atoms with Crippen LogP contribution >= 0.6 is 0 Å². The van der Waals surface area contributed by atoms with Crippen LogP contribution in [-0.2, 0) is 24.3 Å². The van der Waals surface area contributed by atoms with Gasteiger partial charge in [-0.2, -0.15) is 0 Å². The first kappa shape index (κ1) is 16.0. The number of nitrogens with zero attached hydrogens (tertiary/aromatic N) is 4. The number of aromatic nitrogens is 3. The maximum absolute atomic E-state index is 6.07. The van der Waals surface area contributed by atoms with Crippen molar-refractivity contribution < 1.29 is 4.74 Å². The van der Waals surface area contributed by atoms with Gasteiger partial charge in [0.05, 0.1) is 18.4 Å². The normalized spacial score (nSPS) is 18.9. The lowest BCUT2D eigenvalue weighted by molar-refractivity contribution is -0.0124. The van der Waals surface area contributed by atoms with Gasteiger partial charge in [-0.25, -0.2) is 9.97 Å². The number of hydrogen-bond donors (Lipinski definition) is 0. The van der Waals surface area contributed by atoms with Gasteiger partial charge < -0.3 is 4.74 Å². The van der Waals surface area contributed by atoms with E-state index in [4.69, 9.17) is 4.74 Å². The monoisotopic (exact) mass is 312 g/mol. The summed E-state index contributed by atoms with van der Waals surface area (Å²) in [5.41, 5.74) is 2.23. The molecule has 1 fully saturated rings. The maximum Gasteiger partial charge on any atom is 0.128 e. The molecule has 3 rings (SSSR count). The molecule has 0 N–H and O–H groups in total. The molecule has 1 atom stereocenters. The molecule has 2 aromatic rings. The van der Waals surface area contributed by atoms with E-state index in [1.165, 1.54) is 6.42 Å². The van der Waals surface area contributed by atoms with Gasteiger partial charge >= 0.3 is 0 Å². The molecule has 0 radical (unpaired) electrons. The first-order valence-corrected chi connectivity index (χ1v) is 8.37. The van der Waals surface area contributed by atoms with E-state index in [2.05, 4.69) is 32.8 Å². The summed E-state index contributed by atoms with van der Waals surface area (Å²) in [5.74, 6) is 0.920. The summed E-state index contributed by atoms with van der Waals surface area (Å²) in [7, 11) is 0. The standard InChI is InChI=1S/C18H24N4O/c1-2-18-20-9-7-16(21-18)12-22-10-4-6-17(13-22)23-14-15-5-3-8-19-11-15/h3,5,7-9,11,17H,2,4,6,10,12-14H2,1H3/t17-/m1/s1. The number of hydrogen-bond acceptors (Lipinski definition) is 5. The molecule has 5 heteroatoms. The Morgan fingerprint density at radius 2 is 2.26 bits per heavy atom. The number of ether oxygens (including phenoxy) is 1. The third kappa shape index (κ3) is 4.81. The van der Waals surface area contributed by atoms with Crippen LogP contribution in [0.5, 0.6) is 0 Å². The number of aryl methyl sites for hydroxylation is 1. The van der Waals surface area contributed by atoms with Crippen molar-refractivity contribution >= 4 is 0 Å². The van der Waals surface area contributed by atoms with Crippen molar-refractivity contribution in [3.8, 4) is 0 Å². The van der Waals surface area contributed by atoms with E-state index in [9.17, 15) is 0 Å². The van der Waals surface area contributed by atoms with Crippen LogP contribution in [0.4, 0.5) is 0 Å². The lowest BCUT2D eigenvalue weighted by Crippen LogP contribution is -2.39. The largest absolute Gasteiger partial charge is 0.372 e. The van der Waals surface area contributed by atoms with Gasteiger partial charge in [-0.3, -0.25) is 9.88 Å². The molecule has 0 aliphatic carbocycles. The second-order valence-corrected chi connectivity index (χ2v) is 5.99. The Labute approximate surface area is 137 Å². The van der Waals surface area contributed by atoms with Crippen molar-refractivity contribution in [2.24, 2.45) is 0 Å². The zero-order valence-corrected chi connectivity index (χ0v) is 13.7. The van der Waals surface area contributed by atoms with Crippen molar-refractivity contribution in [1.29, 1.82) is 0 Å². The second kappa shape index (κ2) is 8.13. The van der Waals surface area contributed by atoms with Gasteiger partial charge in [-0.15, -0.1) is 0 Å². The van der Waals surface area contributed by atoms with Gasteiger partial charge in [0.2, 0.25) is 0 Å². The summed E-state index contributed by atoms with van der Waals surface area (Å²) >= 11 is 0. The molecule has 0 aromatic carbocycles. The topological polar surface area (TPSA) is 51.1 Å². The number of rotatable bonds is 6. The lowest BCUT2D eigenvalue weighted by Gasteiger charge is -2.32. The Kier molecular flexibility index (Phi) is 5.66. The van der Waals surface area contributed by atoms with Crippen LogP contribution in [0.1, 0.15) is 36.8 Å². The molecular formula is C18H24N4O. The fraction of sp³-hybridized carbons (Fsp3) is 0.500. The van der Waals surface area contributed by atoms with Crippen LogP contribution in [0.25, 0.3) is 0 Å². The molecule has 0 unspecified atom stereocenters. The van der Waals surface area contributed by atoms with Gasteiger partial charge in [0.15, 0.2) is 0 Å². The molecule has 0 spiro atoms. The lowest BCUT2D eigenvalue weighted by atomic mass is 10.1. The number of pyridine rings is 1. The van der Waals surface area contributed by atoms with E-state index >= 15 is 0 Å². The van der Waals surface area contributed by atoms with E-state index in [0.29, 0.717) is 6.61 Å². The van der Waals surface area contributed by atoms with E-state index in [1.807, 2.05) is 24.5 Å². The van der Waals surface area contributed by atoms with Crippen LogP contribution < -0.4 is 0 Å². The predicted molar refractivity (Wildman–Crippen MR) is 88.7 cm³/mol. The molecule has 1 aliphatic heterocycles. The molecule has 2 aromatic heterocycles. The Morgan fingerprint density at radius 3 is 3.09 bits per heavy atom. The second-order valence-electron chi connectivity index (χ2n) is 5.99. The molecule has 23 heavy (non-hydrogen) atoms. The minimum absolute atomic E-state index is 0.288. The molecule has 122 valence electrons. The van der Waals surface area contributed by atoms with E-state index in [-0.39, 0.29) is 6.10 Å². The molecule has 0 bridgehead atoms. The van der Waals surface area contributed by atoms with Gasteiger partial charge in [-0.1, -0.05) is 13.0 Å². The fourth-order valence-corrected chi connectivity index (χ4v) is 2.92. The SMILES string of the molecule is CCc1nccc(CN2CCC[C@@H](OCc3cccnc3)C2)n1. The van der Waals surface area contributed by atoms with Gasteiger partial charge in [-0.05, 0) is 37.1 Å². The first-order chi connectivity index (χ1) is 11.3. The van der Waals surface area contributed by atoms with Gasteiger partial charge in [0.25, 0.3) is 0 Å². The highest BCUT2D eigenvalue weighted by atomic mass is 16.5. The molecule has 1 saturated heterocycles. The first-order valence-electron chi connectivity index (χ1n) is 8.37. The molecule has 5 nitrogen and oxygen atoms in total. The minimum atomic E-state index is 0.288. The summed E-state index contributed by atoms with van der Waals surface area (Å²) in [4.78, 5) is 15.4. The third-order valence-electron chi connectivity index (χ3n) is 4.14. The highest BCUT2D eigenvalue weighted by molar-refractivity contribution is 5.07. The number of piperidine rings is 1. The third-order valence-corrected chi connectivity index (χ3v) is 4.14. The van der Waals surface area contributed by atoms with Crippen LogP contribution in [-0.4, -0.2) is 39.0 Å². The summed E-state index contributed by atoms with van der Waals surface area (Å²) in [6.07, 6.45) is 8.99. The van der Waals surface area contributed by atoms with Gasteiger partial charge in [0.1, 0.15) is 5.82 Å². The average molecular weight is 312 g/mol. The smallest absolute Gasteiger partial charge is 0.128 e. The van der Waals surface area contributed by atoms with Crippen molar-refractivity contribution in [2.75, 3.05) is 13.1 Å². The van der Waals surface area contributed by atoms with Crippen molar-refractivity contribution in [3.05, 3.63) is 53.9 Å². The van der Waals surface area contributed by atoms with Crippen molar-refractivity contribution in [1.82, 2.24) is 19.9 Å². The maximum atomic E-state index is 6.07. The Morgan fingerprint density at radius 1 is 1.30 bits per heavy atom. The highest BCUT2D eigenvalue weighted by Gasteiger charge is 2.21. The van der Waals surface area contributed by atoms with Crippen LogP contribution in [0.2, 0.25) is 0 Å². The number of likely N-dealkylation sites (tertiary alicyclic amines) is 1. The Hall–Kier alpha value is -1.85. The highest BCUT2D eigenvalue weighted by Crippen LogP contribution is 2.16. The average Bonchev–Trinajstić information content (AvgIpc) is 2.61. The van der Waals surface area contributed by atoms with E-state index in [0.717, 1.165) is 49.6 Å². The molecule has 0 saturated carbocycles. The molecule has 3 heterocycles. The van der Waals surface area contributed by atoms with Crippen LogP contribution in [0.15, 0.2) is 36.8 Å².